The molecule has 0 unspecified atom stereocenters. The number of halogens is 1. The van der Waals surface area contributed by atoms with Gasteiger partial charge >= 0.3 is 0 Å². The number of amides is 3. The molecule has 9 heteroatoms. The van der Waals surface area contributed by atoms with Gasteiger partial charge in [0.2, 0.25) is 11.8 Å². The Morgan fingerprint density at radius 2 is 1.75 bits per heavy atom. The summed E-state index contributed by atoms with van der Waals surface area (Å²) in [5, 5.41) is 6.60. The largest absolute Gasteiger partial charge is 0.360 e. The van der Waals surface area contributed by atoms with Gasteiger partial charge < -0.3 is 9.84 Å². The van der Waals surface area contributed by atoms with E-state index < -0.39 is 11.8 Å². The van der Waals surface area contributed by atoms with Gasteiger partial charge in [-0.3, -0.25) is 25.2 Å². The number of hydrazine groups is 1. The van der Waals surface area contributed by atoms with Crippen LogP contribution in [0.5, 0.6) is 0 Å². The Labute approximate surface area is 142 Å². The van der Waals surface area contributed by atoms with E-state index in [0.717, 1.165) is 0 Å². The van der Waals surface area contributed by atoms with Crippen LogP contribution in [0.1, 0.15) is 29.0 Å². The van der Waals surface area contributed by atoms with E-state index in [1.165, 1.54) is 12.1 Å². The molecule has 0 bridgehead atoms. The minimum atomic E-state index is -0.496. The third-order valence-corrected chi connectivity index (χ3v) is 3.15. The van der Waals surface area contributed by atoms with Crippen LogP contribution < -0.4 is 16.2 Å². The average molecular weight is 351 g/mol. The maximum atomic E-state index is 11.8. The van der Waals surface area contributed by atoms with Gasteiger partial charge in [0, 0.05) is 29.5 Å². The molecule has 0 aliphatic carbocycles. The Kier molecular flexibility index (Phi) is 5.91. The molecule has 0 radical (unpaired) electrons. The number of aryl methyl sites for hydroxylation is 1. The van der Waals surface area contributed by atoms with Crippen molar-refractivity contribution in [2.75, 3.05) is 5.32 Å². The number of aromatic nitrogens is 1. The molecule has 1 aromatic heterocycles. The smallest absolute Gasteiger partial charge is 0.269 e. The van der Waals surface area contributed by atoms with Crippen LogP contribution in [-0.2, 0) is 9.59 Å². The van der Waals surface area contributed by atoms with Gasteiger partial charge in [-0.15, -0.1) is 0 Å². The van der Waals surface area contributed by atoms with E-state index in [1.54, 1.807) is 25.1 Å². The lowest BCUT2D eigenvalue weighted by molar-refractivity contribution is -0.124. The molecular weight excluding hydrogens is 336 g/mol. The fourth-order valence-electron chi connectivity index (χ4n) is 1.72. The van der Waals surface area contributed by atoms with Gasteiger partial charge in [0.15, 0.2) is 5.82 Å². The highest BCUT2D eigenvalue weighted by Gasteiger charge is 2.11. The molecule has 126 valence electrons. The molecule has 8 nitrogen and oxygen atoms in total. The first-order chi connectivity index (χ1) is 11.4. The molecule has 0 atom stereocenters. The predicted octanol–water partition coefficient (Wildman–Crippen LogP) is 1.82. The second-order valence-electron chi connectivity index (χ2n) is 4.88. The second kappa shape index (κ2) is 8.11. The van der Waals surface area contributed by atoms with E-state index in [1.807, 2.05) is 0 Å². The molecule has 2 aromatic rings. The zero-order valence-corrected chi connectivity index (χ0v) is 13.5. The summed E-state index contributed by atoms with van der Waals surface area (Å²) in [5.41, 5.74) is 4.83. The highest BCUT2D eigenvalue weighted by molar-refractivity contribution is 6.30. The van der Waals surface area contributed by atoms with Gasteiger partial charge in [-0.05, 0) is 31.2 Å². The average Bonchev–Trinajstić information content (AvgIpc) is 2.96. The van der Waals surface area contributed by atoms with Crippen molar-refractivity contribution in [1.82, 2.24) is 16.0 Å². The Hall–Kier alpha value is -2.87. The van der Waals surface area contributed by atoms with E-state index in [4.69, 9.17) is 16.1 Å². The molecule has 24 heavy (non-hydrogen) atoms. The van der Waals surface area contributed by atoms with Crippen molar-refractivity contribution in [3.8, 4) is 0 Å². The Morgan fingerprint density at radius 3 is 2.38 bits per heavy atom. The van der Waals surface area contributed by atoms with Gasteiger partial charge in [0.1, 0.15) is 5.76 Å². The topological polar surface area (TPSA) is 113 Å². The maximum absolute atomic E-state index is 11.8. The summed E-state index contributed by atoms with van der Waals surface area (Å²) >= 11 is 5.72. The van der Waals surface area contributed by atoms with Gasteiger partial charge in [0.05, 0.1) is 0 Å². The van der Waals surface area contributed by atoms with Crippen molar-refractivity contribution in [2.45, 2.75) is 19.8 Å². The van der Waals surface area contributed by atoms with Crippen molar-refractivity contribution in [3.05, 3.63) is 46.7 Å². The molecular formula is C15H15ClN4O4. The van der Waals surface area contributed by atoms with Crippen molar-refractivity contribution in [2.24, 2.45) is 0 Å². The van der Waals surface area contributed by atoms with Gasteiger partial charge in [-0.25, -0.2) is 0 Å². The first kappa shape index (κ1) is 17.5. The number of anilines is 1. The summed E-state index contributed by atoms with van der Waals surface area (Å²) in [7, 11) is 0. The highest BCUT2D eigenvalue weighted by Crippen LogP contribution is 2.09. The molecule has 2 rings (SSSR count). The normalized spacial score (nSPS) is 10.1. The first-order valence-electron chi connectivity index (χ1n) is 7.02. The molecule has 0 aliphatic heterocycles. The van der Waals surface area contributed by atoms with E-state index in [0.29, 0.717) is 16.3 Å². The van der Waals surface area contributed by atoms with Crippen LogP contribution in [0, 0.1) is 6.92 Å². The molecule has 0 saturated heterocycles. The van der Waals surface area contributed by atoms with Crippen LogP contribution >= 0.6 is 11.6 Å². The second-order valence-corrected chi connectivity index (χ2v) is 5.32. The Morgan fingerprint density at radius 1 is 1.08 bits per heavy atom. The molecule has 0 aliphatic rings. The standard InChI is InChI=1S/C15H15ClN4O4/c1-9-8-12(20-24-9)17-13(21)6-7-14(22)18-19-15(23)10-2-4-11(16)5-3-10/h2-5,8H,6-7H2,1H3,(H,18,22)(H,19,23)(H,17,20,21). The van der Waals surface area contributed by atoms with E-state index in [-0.39, 0.29) is 24.6 Å². The third kappa shape index (κ3) is 5.40. The maximum Gasteiger partial charge on any atom is 0.269 e. The number of hydrogen-bond donors (Lipinski definition) is 3. The molecule has 3 N–H and O–H groups in total. The van der Waals surface area contributed by atoms with Crippen LogP contribution in [0.4, 0.5) is 5.82 Å². The zero-order chi connectivity index (χ0) is 17.5. The molecule has 0 saturated carbocycles. The zero-order valence-electron chi connectivity index (χ0n) is 12.8. The van der Waals surface area contributed by atoms with E-state index in [9.17, 15) is 14.4 Å². The number of nitrogens with one attached hydrogen (secondary N) is 3. The van der Waals surface area contributed by atoms with Crippen molar-refractivity contribution in [3.63, 3.8) is 0 Å². The van der Waals surface area contributed by atoms with Crippen molar-refractivity contribution in [1.29, 1.82) is 0 Å². The number of hydrogen-bond acceptors (Lipinski definition) is 5. The predicted molar refractivity (Wildman–Crippen MR) is 86.2 cm³/mol. The van der Waals surface area contributed by atoms with E-state index >= 15 is 0 Å². The summed E-state index contributed by atoms with van der Waals surface area (Å²) in [5.74, 6) is -0.518. The number of rotatable bonds is 5. The van der Waals surface area contributed by atoms with Gasteiger partial charge in [0.25, 0.3) is 5.91 Å². The summed E-state index contributed by atoms with van der Waals surface area (Å²) in [6.45, 7) is 1.69. The number of nitrogens with zero attached hydrogens (tertiary/aromatic N) is 1. The lowest BCUT2D eigenvalue weighted by atomic mass is 10.2. The van der Waals surface area contributed by atoms with Crippen LogP contribution in [-0.4, -0.2) is 22.9 Å². The molecule has 3 amide bonds. The fraction of sp³-hybridized carbons (Fsp3) is 0.200. The molecule has 1 aromatic carbocycles. The summed E-state index contributed by atoms with van der Waals surface area (Å²) < 4.78 is 4.81. The van der Waals surface area contributed by atoms with Gasteiger partial charge in [-0.2, -0.15) is 0 Å². The fourth-order valence-corrected chi connectivity index (χ4v) is 1.85. The van der Waals surface area contributed by atoms with Crippen molar-refractivity contribution < 1.29 is 18.9 Å². The number of carbonyl (C=O) groups excluding carboxylic acids is 3. The van der Waals surface area contributed by atoms with Crippen molar-refractivity contribution >= 4 is 35.1 Å². The quantitative estimate of drug-likeness (QED) is 0.712. The minimum Gasteiger partial charge on any atom is -0.360 e. The molecule has 0 spiro atoms. The van der Waals surface area contributed by atoms with Crippen LogP contribution in [0.15, 0.2) is 34.9 Å². The summed E-state index contributed by atoms with van der Waals surface area (Å²) in [4.78, 5) is 35.1. The first-order valence-corrected chi connectivity index (χ1v) is 7.40. The number of carbonyl (C=O) groups is 3. The Balaban J connectivity index is 1.70. The minimum absolute atomic E-state index is 0.0610. The molecule has 1 heterocycles. The van der Waals surface area contributed by atoms with Gasteiger partial charge in [-0.1, -0.05) is 16.8 Å². The lowest BCUT2D eigenvalue weighted by Crippen LogP contribution is -2.41. The monoisotopic (exact) mass is 350 g/mol. The number of benzene rings is 1. The van der Waals surface area contributed by atoms with Crippen LogP contribution in [0.2, 0.25) is 5.02 Å². The van der Waals surface area contributed by atoms with Crippen LogP contribution in [0.3, 0.4) is 0 Å². The molecule has 0 fully saturated rings. The summed E-state index contributed by atoms with van der Waals surface area (Å²) in [6.07, 6.45) is -0.155. The third-order valence-electron chi connectivity index (χ3n) is 2.90. The van der Waals surface area contributed by atoms with E-state index in [2.05, 4.69) is 21.3 Å². The van der Waals surface area contributed by atoms with Crippen LogP contribution in [0.25, 0.3) is 0 Å². The SMILES string of the molecule is Cc1cc(NC(=O)CCC(=O)NNC(=O)c2ccc(Cl)cc2)no1. The lowest BCUT2D eigenvalue weighted by Gasteiger charge is -2.07. The highest BCUT2D eigenvalue weighted by atomic mass is 35.5. The Bertz CT molecular complexity index is 742. The summed E-state index contributed by atoms with van der Waals surface area (Å²) in [6, 6.07) is 7.74.